The quantitative estimate of drug-likeness (QED) is 0.297. The number of hydrogen-bond donors (Lipinski definition) is 4. The van der Waals surface area contributed by atoms with Crippen molar-refractivity contribution in [2.24, 2.45) is 0 Å². The summed E-state index contributed by atoms with van der Waals surface area (Å²) in [5.41, 5.74) is 4.70. The van der Waals surface area contributed by atoms with Crippen LogP contribution in [0.15, 0.2) is 66.7 Å². The smallest absolute Gasteiger partial charge is 0.336 e. The molecule has 3 amide bonds. The number of carboxylic acids is 1. The molecule has 0 unspecified atom stereocenters. The van der Waals surface area contributed by atoms with Gasteiger partial charge in [-0.05, 0) is 67.4 Å². The highest BCUT2D eigenvalue weighted by molar-refractivity contribution is 6.37. The minimum absolute atomic E-state index is 0.0981. The van der Waals surface area contributed by atoms with Gasteiger partial charge in [0.05, 0.1) is 22.5 Å². The first kappa shape index (κ1) is 29.5. The molecule has 0 atom stereocenters. The van der Waals surface area contributed by atoms with Crippen LogP contribution < -0.4 is 16.0 Å². The van der Waals surface area contributed by atoms with Crippen LogP contribution in [0.1, 0.15) is 50.8 Å². The summed E-state index contributed by atoms with van der Waals surface area (Å²) in [7, 11) is 0. The lowest BCUT2D eigenvalue weighted by Gasteiger charge is -2.21. The third kappa shape index (κ3) is 6.76. The van der Waals surface area contributed by atoms with Crippen molar-refractivity contribution in [3.63, 3.8) is 0 Å². The molecule has 43 heavy (non-hydrogen) atoms. The van der Waals surface area contributed by atoms with Gasteiger partial charge in [-0.1, -0.05) is 30.3 Å². The van der Waals surface area contributed by atoms with Gasteiger partial charge in [0.25, 0.3) is 11.8 Å². The molecule has 0 aromatic heterocycles. The van der Waals surface area contributed by atoms with E-state index in [2.05, 4.69) is 20.9 Å². The van der Waals surface area contributed by atoms with E-state index >= 15 is 0 Å². The number of benzene rings is 3. The molecule has 0 radical (unpaired) electrons. The molecule has 10 heteroatoms. The molecule has 1 fully saturated rings. The van der Waals surface area contributed by atoms with Crippen LogP contribution in [0.5, 0.6) is 0 Å². The maximum absolute atomic E-state index is 13.2. The van der Waals surface area contributed by atoms with Gasteiger partial charge in [-0.2, -0.15) is 0 Å². The predicted octanol–water partition coefficient (Wildman–Crippen LogP) is 3.91. The van der Waals surface area contributed by atoms with Crippen molar-refractivity contribution in [2.45, 2.75) is 20.3 Å². The van der Waals surface area contributed by atoms with Crippen LogP contribution >= 0.6 is 0 Å². The number of fused-ring (bicyclic) bond motifs is 1. The van der Waals surface area contributed by atoms with Crippen molar-refractivity contribution in [3.05, 3.63) is 94.5 Å². The first-order valence-electron chi connectivity index (χ1n) is 14.3. The number of rotatable bonds is 8. The number of nitrogens with one attached hydrogen (secondary N) is 3. The van der Waals surface area contributed by atoms with Gasteiger partial charge in [0, 0.05) is 56.5 Å². The Labute approximate surface area is 250 Å². The van der Waals surface area contributed by atoms with Gasteiger partial charge in [-0.15, -0.1) is 0 Å². The van der Waals surface area contributed by atoms with E-state index in [4.69, 9.17) is 0 Å². The molecule has 3 aromatic carbocycles. The summed E-state index contributed by atoms with van der Waals surface area (Å²) in [6.45, 7) is 7.67. The van der Waals surface area contributed by atoms with Crippen molar-refractivity contribution in [2.75, 3.05) is 49.9 Å². The number of carboxylic acid groups (broad SMARTS) is 1. The predicted molar refractivity (Wildman–Crippen MR) is 166 cm³/mol. The zero-order chi connectivity index (χ0) is 30.5. The van der Waals surface area contributed by atoms with Crippen molar-refractivity contribution in [1.82, 2.24) is 15.1 Å². The topological polar surface area (TPSA) is 131 Å². The maximum Gasteiger partial charge on any atom is 0.336 e. The third-order valence-corrected chi connectivity index (χ3v) is 7.82. The minimum atomic E-state index is -1.06. The van der Waals surface area contributed by atoms with Gasteiger partial charge in [0.15, 0.2) is 0 Å². The maximum atomic E-state index is 13.2. The van der Waals surface area contributed by atoms with E-state index < -0.39 is 5.97 Å². The Balaban J connectivity index is 1.30. The van der Waals surface area contributed by atoms with Crippen LogP contribution in [0.25, 0.3) is 11.3 Å². The fraction of sp³-hybridized carbons (Fsp3) is 0.273. The van der Waals surface area contributed by atoms with E-state index in [1.807, 2.05) is 35.2 Å². The van der Waals surface area contributed by atoms with Gasteiger partial charge < -0.3 is 26.0 Å². The van der Waals surface area contributed by atoms with Crippen molar-refractivity contribution in [1.29, 1.82) is 0 Å². The number of anilines is 2. The highest BCUT2D eigenvalue weighted by Crippen LogP contribution is 2.39. The van der Waals surface area contributed by atoms with Crippen LogP contribution in [0.4, 0.5) is 11.4 Å². The molecule has 1 saturated heterocycles. The Morgan fingerprint density at radius 1 is 0.930 bits per heavy atom. The molecule has 0 spiro atoms. The van der Waals surface area contributed by atoms with Crippen LogP contribution in [-0.4, -0.2) is 77.9 Å². The summed E-state index contributed by atoms with van der Waals surface area (Å²) >= 11 is 0. The van der Waals surface area contributed by atoms with Gasteiger partial charge in [-0.3, -0.25) is 19.3 Å². The van der Waals surface area contributed by atoms with E-state index in [1.54, 1.807) is 44.2 Å². The van der Waals surface area contributed by atoms with Gasteiger partial charge in [0.2, 0.25) is 5.91 Å². The Morgan fingerprint density at radius 2 is 1.67 bits per heavy atom. The normalized spacial score (nSPS) is 16.1. The number of carbonyl (C=O) groups is 4. The average molecular weight is 582 g/mol. The average Bonchev–Trinajstić information content (AvgIpc) is 3.14. The number of aryl methyl sites for hydroxylation is 1. The monoisotopic (exact) mass is 581 g/mol. The molecule has 0 saturated carbocycles. The van der Waals surface area contributed by atoms with Crippen LogP contribution in [0.2, 0.25) is 0 Å². The van der Waals surface area contributed by atoms with Gasteiger partial charge in [0.1, 0.15) is 0 Å². The van der Waals surface area contributed by atoms with Crippen molar-refractivity contribution >= 4 is 46.3 Å². The summed E-state index contributed by atoms with van der Waals surface area (Å²) in [6, 6.07) is 19.7. The third-order valence-electron chi connectivity index (χ3n) is 7.82. The molecule has 222 valence electrons. The molecule has 0 aliphatic carbocycles. The van der Waals surface area contributed by atoms with Crippen molar-refractivity contribution in [3.8, 4) is 0 Å². The molecular weight excluding hydrogens is 546 g/mol. The SMILES string of the molecule is CC(=O)N1CCCN(CCNC(=O)c2ccc(NC(=C3C(=O)Nc4cc(C(=O)O)c(C)cc43)c3ccccc3)cc2)CC1. The largest absolute Gasteiger partial charge is 0.478 e. The lowest BCUT2D eigenvalue weighted by molar-refractivity contribution is -0.128. The lowest BCUT2D eigenvalue weighted by atomic mass is 9.96. The number of aromatic carboxylic acids is 1. The number of amides is 3. The Bertz CT molecular complexity index is 1580. The van der Waals surface area contributed by atoms with Gasteiger partial charge in [-0.25, -0.2) is 4.79 Å². The first-order chi connectivity index (χ1) is 20.7. The highest BCUT2D eigenvalue weighted by atomic mass is 16.4. The number of nitrogens with zero attached hydrogens (tertiary/aromatic N) is 2. The Kier molecular flexibility index (Phi) is 8.87. The summed E-state index contributed by atoms with van der Waals surface area (Å²) in [6.07, 6.45) is 0.916. The zero-order valence-corrected chi connectivity index (χ0v) is 24.3. The van der Waals surface area contributed by atoms with Crippen LogP contribution in [0, 0.1) is 6.92 Å². The van der Waals surface area contributed by atoms with Gasteiger partial charge >= 0.3 is 5.97 Å². The summed E-state index contributed by atoms with van der Waals surface area (Å²) in [5, 5.41) is 18.7. The van der Waals surface area contributed by atoms with E-state index in [0.29, 0.717) is 59.0 Å². The van der Waals surface area contributed by atoms with E-state index in [-0.39, 0.29) is 23.3 Å². The molecule has 2 aliphatic rings. The second-order valence-electron chi connectivity index (χ2n) is 10.7. The summed E-state index contributed by atoms with van der Waals surface area (Å²) < 4.78 is 0. The molecule has 2 aliphatic heterocycles. The molecule has 0 bridgehead atoms. The molecule has 2 heterocycles. The highest BCUT2D eigenvalue weighted by Gasteiger charge is 2.30. The fourth-order valence-electron chi connectivity index (χ4n) is 5.48. The summed E-state index contributed by atoms with van der Waals surface area (Å²) in [4.78, 5) is 53.5. The fourth-order valence-corrected chi connectivity index (χ4v) is 5.48. The van der Waals surface area contributed by atoms with Crippen LogP contribution in [-0.2, 0) is 9.59 Å². The van der Waals surface area contributed by atoms with E-state index in [1.165, 1.54) is 6.07 Å². The van der Waals surface area contributed by atoms with E-state index in [0.717, 1.165) is 31.6 Å². The molecule has 4 N–H and O–H groups in total. The zero-order valence-electron chi connectivity index (χ0n) is 24.3. The second kappa shape index (κ2) is 12.9. The Morgan fingerprint density at radius 3 is 2.37 bits per heavy atom. The van der Waals surface area contributed by atoms with Crippen molar-refractivity contribution < 1.29 is 24.3 Å². The standard InChI is InChI=1S/C33H35N5O5/c1-21-19-27-28(20-26(21)33(42)43)36-32(41)29(27)30(23-7-4-3-5-8-23)35-25-11-9-24(10-12-25)31(40)34-13-16-37-14-6-15-38(18-17-37)22(2)39/h3-5,7-12,19-20,35H,6,13-18H2,1-2H3,(H,34,40)(H,36,41)(H,42,43). The molecular formula is C33H35N5O5. The number of hydrogen-bond acceptors (Lipinski definition) is 6. The molecule has 5 rings (SSSR count). The Hall–Kier alpha value is -4.96. The molecule has 3 aromatic rings. The van der Waals surface area contributed by atoms with E-state index in [9.17, 15) is 24.3 Å². The lowest BCUT2D eigenvalue weighted by Crippen LogP contribution is -2.37. The molecule has 10 nitrogen and oxygen atoms in total. The first-order valence-corrected chi connectivity index (χ1v) is 14.3. The number of carbonyl (C=O) groups excluding carboxylic acids is 3. The summed E-state index contributed by atoms with van der Waals surface area (Å²) in [5.74, 6) is -1.47. The minimum Gasteiger partial charge on any atom is -0.478 e. The second-order valence-corrected chi connectivity index (χ2v) is 10.7. The van der Waals surface area contributed by atoms with Crippen LogP contribution in [0.3, 0.4) is 0 Å².